The second kappa shape index (κ2) is 17.2. The van der Waals surface area contributed by atoms with E-state index in [2.05, 4.69) is 102 Å². The summed E-state index contributed by atoms with van der Waals surface area (Å²) >= 11 is 0. The fourth-order valence-electron chi connectivity index (χ4n) is 8.42. The number of fused-ring (bicyclic) bond motifs is 4. The van der Waals surface area contributed by atoms with Crippen molar-refractivity contribution in [3.8, 4) is 50.9 Å². The van der Waals surface area contributed by atoms with Crippen molar-refractivity contribution in [2.75, 3.05) is 0 Å². The maximum Gasteiger partial charge on any atom is 0.268 e. The Morgan fingerprint density at radius 2 is 1.22 bits per heavy atom. The van der Waals surface area contributed by atoms with E-state index in [4.69, 9.17) is 15.2 Å². The standard InChI is InChI=1S/C58H50N4O.Pt/c1-57(2,3)37-40-27-30-51-50(33-40)49-29-28-46(36-54(49)62(51)55-34-41(31-32-59-55)38-58(4,5)6)63-45-22-15-21-44(35-45)60-39-61(53-26-14-13-25-52(53)60)56-47(42-17-9-7-10-18-42)23-16-24-48(56)43-19-11-8-12-20-43;/h7-34H,37-38H2,1-6H3;/q-2;/i37D2,38D2;. The van der Waals surface area contributed by atoms with E-state index in [0.717, 1.165) is 61.0 Å². The molecule has 0 spiro atoms. The second-order valence-electron chi connectivity index (χ2n) is 18.0. The molecule has 3 heterocycles. The van der Waals surface area contributed by atoms with Gasteiger partial charge in [-0.05, 0) is 86.2 Å². The second-order valence-corrected chi connectivity index (χ2v) is 18.0. The van der Waals surface area contributed by atoms with Crippen LogP contribution in [0.3, 0.4) is 0 Å². The SMILES string of the molecule is [2H]C([2H])(c1ccnc(-n2c3[c-]c(Oc4[c-]c(-n5[c-][n+](-c6c(-c7ccccc7)cccc6-c6ccccc6)c6ccccc65)ccc4)ccc3c3cc(C([2H])([2H])C(C)(C)C)ccc32)c1)C(C)(C)C.[Pt]. The average molecular weight is 1020 g/mol. The number of pyridine rings is 1. The monoisotopic (exact) mass is 1020 g/mol. The van der Waals surface area contributed by atoms with Gasteiger partial charge < -0.3 is 13.9 Å². The zero-order valence-electron chi connectivity index (χ0n) is 40.7. The number of imidazole rings is 1. The Bertz CT molecular complexity index is 3420. The minimum Gasteiger partial charge on any atom is -0.510 e. The number of benzene rings is 7. The van der Waals surface area contributed by atoms with Crippen LogP contribution in [0.4, 0.5) is 0 Å². The third-order valence-corrected chi connectivity index (χ3v) is 10.9. The third kappa shape index (κ3) is 8.58. The first kappa shape index (κ1) is 38.0. The third-order valence-electron chi connectivity index (χ3n) is 10.9. The molecule has 0 saturated heterocycles. The van der Waals surface area contributed by atoms with Crippen molar-refractivity contribution < 1.29 is 35.9 Å². The van der Waals surface area contributed by atoms with Crippen molar-refractivity contribution in [3.63, 3.8) is 0 Å². The summed E-state index contributed by atoms with van der Waals surface area (Å²) in [5.74, 6) is 1.44. The molecular formula is C58H50N4OPt-2. The first-order chi connectivity index (χ1) is 32.0. The number of hydrogen-bond acceptors (Lipinski definition) is 2. The number of aromatic nitrogens is 4. The zero-order valence-corrected chi connectivity index (χ0v) is 39.0. The number of para-hydroxylation sites is 3. The van der Waals surface area contributed by atoms with E-state index in [1.165, 1.54) is 0 Å². The number of nitrogens with zero attached hydrogens (tertiary/aromatic N) is 4. The molecule has 6 heteroatoms. The topological polar surface area (TPSA) is 35.9 Å². The van der Waals surface area contributed by atoms with Crippen molar-refractivity contribution in [3.05, 3.63) is 200 Å². The van der Waals surface area contributed by atoms with E-state index in [9.17, 15) is 0 Å². The molecule has 0 fully saturated rings. The van der Waals surface area contributed by atoms with Crippen LogP contribution >= 0.6 is 0 Å². The molecule has 0 unspecified atom stereocenters. The van der Waals surface area contributed by atoms with Crippen LogP contribution in [0, 0.1) is 29.3 Å². The van der Waals surface area contributed by atoms with Gasteiger partial charge >= 0.3 is 0 Å². The van der Waals surface area contributed by atoms with Gasteiger partial charge in [0.15, 0.2) is 0 Å². The molecular weight excluding hydrogens is 964 g/mol. The molecule has 0 aliphatic rings. The van der Waals surface area contributed by atoms with E-state index >= 15 is 0 Å². The van der Waals surface area contributed by atoms with Gasteiger partial charge in [0.05, 0.1) is 16.7 Å². The minimum atomic E-state index is -1.66. The quantitative estimate of drug-likeness (QED) is 0.107. The van der Waals surface area contributed by atoms with Gasteiger partial charge in [-0.25, -0.2) is 4.98 Å². The summed E-state index contributed by atoms with van der Waals surface area (Å²) in [5, 5.41) is 1.66. The van der Waals surface area contributed by atoms with Crippen LogP contribution in [0.2, 0.25) is 0 Å². The molecule has 10 aromatic rings. The molecule has 0 bridgehead atoms. The van der Waals surface area contributed by atoms with Crippen LogP contribution in [0.15, 0.2) is 170 Å². The van der Waals surface area contributed by atoms with Crippen molar-refractivity contribution in [2.45, 2.75) is 54.3 Å². The first-order valence-electron chi connectivity index (χ1n) is 23.4. The van der Waals surface area contributed by atoms with E-state index in [-0.39, 0.29) is 21.1 Å². The van der Waals surface area contributed by atoms with Gasteiger partial charge in [-0.15, -0.1) is 29.7 Å². The molecule has 64 heavy (non-hydrogen) atoms. The molecule has 0 aliphatic heterocycles. The largest absolute Gasteiger partial charge is 0.510 e. The predicted molar refractivity (Wildman–Crippen MR) is 257 cm³/mol. The van der Waals surface area contributed by atoms with Gasteiger partial charge in [-0.3, -0.25) is 4.57 Å². The average Bonchev–Trinajstić information content (AvgIpc) is 3.87. The molecule has 5 nitrogen and oxygen atoms in total. The molecule has 0 amide bonds. The van der Waals surface area contributed by atoms with Gasteiger partial charge in [0, 0.05) is 49.8 Å². The van der Waals surface area contributed by atoms with Gasteiger partial charge in [0.25, 0.3) is 6.33 Å². The van der Waals surface area contributed by atoms with Gasteiger partial charge in [0.1, 0.15) is 5.82 Å². The maximum atomic E-state index is 9.12. The summed E-state index contributed by atoms with van der Waals surface area (Å²) < 4.78 is 49.2. The van der Waals surface area contributed by atoms with Gasteiger partial charge in [0.2, 0.25) is 0 Å². The Kier molecular flexibility index (Phi) is 10.2. The zero-order chi connectivity index (χ0) is 46.9. The van der Waals surface area contributed by atoms with Crippen LogP contribution in [0.5, 0.6) is 11.5 Å². The smallest absolute Gasteiger partial charge is 0.268 e. The molecule has 7 aromatic carbocycles. The maximum absolute atomic E-state index is 9.12. The molecule has 0 atom stereocenters. The first-order valence-corrected chi connectivity index (χ1v) is 21.4. The molecule has 3 aromatic heterocycles. The van der Waals surface area contributed by atoms with E-state index in [1.54, 1.807) is 18.3 Å². The molecule has 10 rings (SSSR count). The fraction of sp³-hybridized carbons (Fsp3) is 0.172. The molecule has 320 valence electrons. The summed E-state index contributed by atoms with van der Waals surface area (Å²) in [6.07, 6.45) is 2.09. The predicted octanol–water partition coefficient (Wildman–Crippen LogP) is 14.1. The number of ether oxygens (including phenoxy) is 1. The van der Waals surface area contributed by atoms with E-state index < -0.39 is 23.6 Å². The van der Waals surface area contributed by atoms with E-state index in [1.807, 2.05) is 123 Å². The van der Waals surface area contributed by atoms with Crippen molar-refractivity contribution in [1.29, 1.82) is 0 Å². The molecule has 0 N–H and O–H groups in total. The van der Waals surface area contributed by atoms with Crippen molar-refractivity contribution in [2.24, 2.45) is 10.8 Å². The Balaban J connectivity index is 0.00000578. The Labute approximate surface area is 396 Å². The van der Waals surface area contributed by atoms with E-state index in [0.29, 0.717) is 34.0 Å². The van der Waals surface area contributed by atoms with Crippen molar-refractivity contribution in [1.82, 2.24) is 14.1 Å². The van der Waals surface area contributed by atoms with Crippen LogP contribution in [-0.2, 0) is 33.8 Å². The van der Waals surface area contributed by atoms with Crippen molar-refractivity contribution >= 4 is 32.8 Å². The normalized spacial score (nSPS) is 13.3. The van der Waals surface area contributed by atoms with Crippen LogP contribution < -0.4 is 9.30 Å². The summed E-state index contributed by atoms with van der Waals surface area (Å²) in [7, 11) is 0. The Morgan fingerprint density at radius 3 is 1.91 bits per heavy atom. The number of rotatable bonds is 9. The molecule has 0 aliphatic carbocycles. The summed E-state index contributed by atoms with van der Waals surface area (Å²) in [4.78, 5) is 4.79. The van der Waals surface area contributed by atoms with Gasteiger partial charge in [-0.1, -0.05) is 162 Å². The molecule has 0 radical (unpaired) electrons. The van der Waals surface area contributed by atoms with Gasteiger partial charge in [-0.2, -0.15) is 18.2 Å². The van der Waals surface area contributed by atoms with Crippen LogP contribution in [0.25, 0.3) is 72.3 Å². The van der Waals surface area contributed by atoms with Crippen LogP contribution in [0.1, 0.15) is 58.2 Å². The Morgan fingerprint density at radius 1 is 0.594 bits per heavy atom. The number of hydrogen-bond donors (Lipinski definition) is 0. The fourth-order valence-corrected chi connectivity index (χ4v) is 8.42. The Hall–Kier alpha value is -6.55. The summed E-state index contributed by atoms with van der Waals surface area (Å²) in [6, 6.07) is 61.6. The molecule has 0 saturated carbocycles. The minimum absolute atomic E-state index is 0. The summed E-state index contributed by atoms with van der Waals surface area (Å²) in [6.45, 7) is 11.4. The van der Waals surface area contributed by atoms with Crippen LogP contribution in [-0.4, -0.2) is 14.1 Å². The summed E-state index contributed by atoms with van der Waals surface area (Å²) in [5.41, 5.74) is 9.21.